The first kappa shape index (κ1) is 18.6. The van der Waals surface area contributed by atoms with E-state index >= 15 is 0 Å². The molecule has 0 radical (unpaired) electrons. The van der Waals surface area contributed by atoms with Crippen molar-refractivity contribution >= 4 is 9.84 Å². The fraction of sp³-hybridized carbons (Fsp3) is 0.368. The SMILES string of the molecule is C[C@@H](C[C@@H](O)[C@H](O)CCc1ccccc1)S(=O)(=O)c1ccccc1. The molecule has 3 atom stereocenters. The number of hydrogen-bond donors (Lipinski definition) is 2. The molecule has 2 rings (SSSR count). The quantitative estimate of drug-likeness (QED) is 0.769. The van der Waals surface area contributed by atoms with Crippen LogP contribution in [0.4, 0.5) is 0 Å². The van der Waals surface area contributed by atoms with Gasteiger partial charge in [-0.2, -0.15) is 0 Å². The lowest BCUT2D eigenvalue weighted by Crippen LogP contribution is -2.32. The molecule has 0 amide bonds. The van der Waals surface area contributed by atoms with Gasteiger partial charge in [0.2, 0.25) is 0 Å². The summed E-state index contributed by atoms with van der Waals surface area (Å²) in [7, 11) is -3.51. The predicted molar refractivity (Wildman–Crippen MR) is 94.5 cm³/mol. The third-order valence-corrected chi connectivity index (χ3v) is 6.37. The molecule has 0 bridgehead atoms. The van der Waals surface area contributed by atoms with Gasteiger partial charge in [-0.05, 0) is 43.9 Å². The van der Waals surface area contributed by atoms with Crippen molar-refractivity contribution in [1.82, 2.24) is 0 Å². The van der Waals surface area contributed by atoms with Gasteiger partial charge in [0.1, 0.15) is 0 Å². The molecule has 0 unspecified atom stereocenters. The van der Waals surface area contributed by atoms with Crippen LogP contribution in [0.3, 0.4) is 0 Å². The molecule has 0 aliphatic carbocycles. The fourth-order valence-corrected chi connectivity index (χ4v) is 4.07. The van der Waals surface area contributed by atoms with Gasteiger partial charge in [0.15, 0.2) is 9.84 Å². The summed E-state index contributed by atoms with van der Waals surface area (Å²) in [5, 5.41) is 19.5. The molecule has 0 saturated heterocycles. The van der Waals surface area contributed by atoms with Crippen molar-refractivity contribution < 1.29 is 18.6 Å². The Kier molecular flexibility index (Phi) is 6.54. The van der Waals surface area contributed by atoms with Crippen molar-refractivity contribution in [3.05, 3.63) is 66.2 Å². The molecule has 0 aromatic heterocycles. The number of sulfone groups is 1. The Morgan fingerprint density at radius 1 is 0.875 bits per heavy atom. The summed E-state index contributed by atoms with van der Waals surface area (Å²) < 4.78 is 25.0. The number of aryl methyl sites for hydroxylation is 1. The molecule has 2 N–H and O–H groups in total. The average molecular weight is 348 g/mol. The van der Waals surface area contributed by atoms with E-state index in [2.05, 4.69) is 0 Å². The molecule has 24 heavy (non-hydrogen) atoms. The van der Waals surface area contributed by atoms with E-state index in [1.165, 1.54) is 0 Å². The van der Waals surface area contributed by atoms with Gasteiger partial charge in [-0.1, -0.05) is 48.5 Å². The normalized spacial score (nSPS) is 15.6. The van der Waals surface area contributed by atoms with E-state index in [0.717, 1.165) is 5.56 Å². The van der Waals surface area contributed by atoms with Gasteiger partial charge in [-0.25, -0.2) is 8.42 Å². The topological polar surface area (TPSA) is 74.6 Å². The second-order valence-electron chi connectivity index (χ2n) is 6.06. The van der Waals surface area contributed by atoms with Crippen LogP contribution in [0.15, 0.2) is 65.6 Å². The zero-order valence-corrected chi connectivity index (χ0v) is 14.6. The van der Waals surface area contributed by atoms with Crippen molar-refractivity contribution in [3.8, 4) is 0 Å². The third-order valence-electron chi connectivity index (χ3n) is 4.19. The Balaban J connectivity index is 1.92. The molecule has 0 spiro atoms. The summed E-state index contributed by atoms with van der Waals surface area (Å²) in [5.41, 5.74) is 1.08. The lowest BCUT2D eigenvalue weighted by atomic mass is 10.0. The zero-order valence-electron chi connectivity index (χ0n) is 13.7. The van der Waals surface area contributed by atoms with Crippen LogP contribution < -0.4 is 0 Å². The van der Waals surface area contributed by atoms with Crippen LogP contribution in [0.2, 0.25) is 0 Å². The molecule has 4 nitrogen and oxygen atoms in total. The van der Waals surface area contributed by atoms with Crippen molar-refractivity contribution in [1.29, 1.82) is 0 Å². The molecule has 130 valence electrons. The van der Waals surface area contributed by atoms with Crippen LogP contribution in [0.5, 0.6) is 0 Å². The highest BCUT2D eigenvalue weighted by molar-refractivity contribution is 7.92. The van der Waals surface area contributed by atoms with Gasteiger partial charge in [0.05, 0.1) is 22.4 Å². The maximum atomic E-state index is 12.5. The Hall–Kier alpha value is -1.69. The highest BCUT2D eigenvalue weighted by Crippen LogP contribution is 2.21. The Morgan fingerprint density at radius 3 is 2.00 bits per heavy atom. The number of hydrogen-bond acceptors (Lipinski definition) is 4. The Bertz CT molecular complexity index is 714. The maximum Gasteiger partial charge on any atom is 0.181 e. The second kappa shape index (κ2) is 8.42. The highest BCUT2D eigenvalue weighted by atomic mass is 32.2. The first-order valence-electron chi connectivity index (χ1n) is 8.10. The Morgan fingerprint density at radius 2 is 1.42 bits per heavy atom. The molecule has 2 aromatic rings. The molecule has 0 heterocycles. The minimum absolute atomic E-state index is 0.00713. The largest absolute Gasteiger partial charge is 0.390 e. The number of benzene rings is 2. The first-order valence-corrected chi connectivity index (χ1v) is 9.65. The van der Waals surface area contributed by atoms with E-state index < -0.39 is 27.3 Å². The molecule has 2 aromatic carbocycles. The first-order chi connectivity index (χ1) is 11.4. The number of rotatable bonds is 8. The van der Waals surface area contributed by atoms with Gasteiger partial charge in [-0.3, -0.25) is 0 Å². The summed E-state index contributed by atoms with van der Waals surface area (Å²) in [4.78, 5) is 0.239. The van der Waals surface area contributed by atoms with Gasteiger partial charge >= 0.3 is 0 Å². The third kappa shape index (κ3) is 4.90. The van der Waals surface area contributed by atoms with Crippen molar-refractivity contribution in [2.24, 2.45) is 0 Å². The van der Waals surface area contributed by atoms with Crippen molar-refractivity contribution in [2.45, 2.75) is 48.5 Å². The lowest BCUT2D eigenvalue weighted by molar-refractivity contribution is 0.0103. The average Bonchev–Trinajstić information content (AvgIpc) is 2.61. The van der Waals surface area contributed by atoms with Crippen LogP contribution in [0, 0.1) is 0 Å². The van der Waals surface area contributed by atoms with Crippen LogP contribution in [0.25, 0.3) is 0 Å². The van der Waals surface area contributed by atoms with E-state index in [1.807, 2.05) is 30.3 Å². The predicted octanol–water partition coefficient (Wildman–Crippen LogP) is 2.59. The molecule has 0 aliphatic heterocycles. The van der Waals surface area contributed by atoms with Crippen LogP contribution in [-0.2, 0) is 16.3 Å². The molecule has 5 heteroatoms. The van der Waals surface area contributed by atoms with E-state index in [-0.39, 0.29) is 11.3 Å². The number of aliphatic hydroxyl groups is 2. The van der Waals surface area contributed by atoms with Gasteiger partial charge in [-0.15, -0.1) is 0 Å². The standard InChI is InChI=1S/C19H24O4S/c1-15(24(22,23)17-10-6-3-7-11-17)14-19(21)18(20)13-12-16-8-4-2-5-9-16/h2-11,15,18-21H,12-14H2,1H3/t15-,18+,19+/m0/s1. The Labute approximate surface area is 143 Å². The minimum atomic E-state index is -3.51. The molecular formula is C19H24O4S. The fourth-order valence-electron chi connectivity index (χ4n) is 2.62. The summed E-state index contributed by atoms with van der Waals surface area (Å²) in [6.07, 6.45) is -0.976. The molecule has 0 saturated carbocycles. The van der Waals surface area contributed by atoms with Gasteiger partial charge < -0.3 is 10.2 Å². The van der Waals surface area contributed by atoms with Crippen molar-refractivity contribution in [3.63, 3.8) is 0 Å². The van der Waals surface area contributed by atoms with E-state index in [0.29, 0.717) is 12.8 Å². The second-order valence-corrected chi connectivity index (χ2v) is 8.43. The zero-order chi connectivity index (χ0) is 17.6. The molecule has 0 fully saturated rings. The van der Waals surface area contributed by atoms with Crippen LogP contribution in [0.1, 0.15) is 25.3 Å². The smallest absolute Gasteiger partial charge is 0.181 e. The van der Waals surface area contributed by atoms with Crippen molar-refractivity contribution in [2.75, 3.05) is 0 Å². The summed E-state index contributed by atoms with van der Waals surface area (Å²) in [5.74, 6) is 0. The van der Waals surface area contributed by atoms with E-state index in [4.69, 9.17) is 0 Å². The van der Waals surface area contributed by atoms with Gasteiger partial charge in [0.25, 0.3) is 0 Å². The van der Waals surface area contributed by atoms with Gasteiger partial charge in [0, 0.05) is 0 Å². The van der Waals surface area contributed by atoms with Crippen LogP contribution >= 0.6 is 0 Å². The number of aliphatic hydroxyl groups excluding tert-OH is 2. The summed E-state index contributed by atoms with van der Waals surface area (Å²) in [6.45, 7) is 1.56. The van der Waals surface area contributed by atoms with E-state index in [9.17, 15) is 18.6 Å². The summed E-state index contributed by atoms with van der Waals surface area (Å²) in [6, 6.07) is 17.9. The monoisotopic (exact) mass is 348 g/mol. The summed E-state index contributed by atoms with van der Waals surface area (Å²) >= 11 is 0. The maximum absolute atomic E-state index is 12.5. The minimum Gasteiger partial charge on any atom is -0.390 e. The molecular weight excluding hydrogens is 324 g/mol. The van der Waals surface area contributed by atoms with E-state index in [1.54, 1.807) is 37.3 Å². The molecule has 0 aliphatic rings. The highest BCUT2D eigenvalue weighted by Gasteiger charge is 2.28. The van der Waals surface area contributed by atoms with Crippen LogP contribution in [-0.4, -0.2) is 36.1 Å². The lowest BCUT2D eigenvalue weighted by Gasteiger charge is -2.21.